The molecule has 4 heteroatoms. The fourth-order valence-electron chi connectivity index (χ4n) is 1.77. The van der Waals surface area contributed by atoms with Gasteiger partial charge in [-0.05, 0) is 24.7 Å². The summed E-state index contributed by atoms with van der Waals surface area (Å²) in [7, 11) is 3.34. The van der Waals surface area contributed by atoms with Crippen LogP contribution in [-0.4, -0.2) is 51.7 Å². The van der Waals surface area contributed by atoms with Gasteiger partial charge in [0.2, 0.25) is 0 Å². The average molecular weight is 217 g/mol. The Morgan fingerprint density at radius 2 is 2.07 bits per heavy atom. The van der Waals surface area contributed by atoms with Gasteiger partial charge in [-0.15, -0.1) is 0 Å². The van der Waals surface area contributed by atoms with Crippen LogP contribution in [0.25, 0.3) is 0 Å². The van der Waals surface area contributed by atoms with Crippen molar-refractivity contribution >= 4 is 0 Å². The first-order valence-corrected chi connectivity index (χ1v) is 5.59. The third-order valence-electron chi connectivity index (χ3n) is 3.03. The minimum absolute atomic E-state index is 0.395. The van der Waals surface area contributed by atoms with E-state index in [1.54, 1.807) is 14.2 Å². The summed E-state index contributed by atoms with van der Waals surface area (Å²) in [5.74, 6) is 0. The van der Waals surface area contributed by atoms with E-state index < -0.39 is 6.10 Å². The first-order valence-electron chi connectivity index (χ1n) is 5.59. The van der Waals surface area contributed by atoms with Gasteiger partial charge in [-0.3, -0.25) is 0 Å². The maximum Gasteiger partial charge on any atom is 0.0897 e. The third kappa shape index (κ3) is 4.93. The summed E-state index contributed by atoms with van der Waals surface area (Å²) in [5.41, 5.74) is 0.447. The van der Waals surface area contributed by atoms with Crippen LogP contribution >= 0.6 is 0 Å². The molecule has 1 rings (SSSR count). The molecular formula is C11H23NO3. The Balaban J connectivity index is 2.04. The van der Waals surface area contributed by atoms with Gasteiger partial charge in [0.05, 0.1) is 12.7 Å². The molecule has 0 aliphatic heterocycles. The van der Waals surface area contributed by atoms with Gasteiger partial charge in [-0.2, -0.15) is 0 Å². The maximum atomic E-state index is 9.43. The van der Waals surface area contributed by atoms with Crippen molar-refractivity contribution in [2.45, 2.75) is 25.4 Å². The second kappa shape index (κ2) is 6.43. The molecule has 1 aliphatic rings. The number of methoxy groups -OCH3 is 2. The minimum Gasteiger partial charge on any atom is -0.389 e. The summed E-state index contributed by atoms with van der Waals surface area (Å²) in [6, 6.07) is 0. The van der Waals surface area contributed by atoms with E-state index in [0.29, 0.717) is 18.6 Å². The van der Waals surface area contributed by atoms with E-state index in [9.17, 15) is 5.11 Å². The lowest BCUT2D eigenvalue weighted by molar-refractivity contribution is 0.0633. The molecule has 1 atom stereocenters. The molecule has 0 aromatic carbocycles. The van der Waals surface area contributed by atoms with Crippen molar-refractivity contribution in [1.82, 2.24) is 5.32 Å². The summed E-state index contributed by atoms with van der Waals surface area (Å²) in [6.45, 7) is 2.83. The highest BCUT2D eigenvalue weighted by atomic mass is 16.5. The van der Waals surface area contributed by atoms with Crippen molar-refractivity contribution < 1.29 is 14.6 Å². The van der Waals surface area contributed by atoms with E-state index in [4.69, 9.17) is 9.47 Å². The molecule has 1 saturated carbocycles. The van der Waals surface area contributed by atoms with E-state index in [0.717, 1.165) is 19.6 Å². The molecule has 0 aromatic heterocycles. The zero-order valence-corrected chi connectivity index (χ0v) is 9.79. The zero-order valence-electron chi connectivity index (χ0n) is 9.79. The van der Waals surface area contributed by atoms with Crippen molar-refractivity contribution in [1.29, 1.82) is 0 Å². The molecule has 90 valence electrons. The Labute approximate surface area is 92.0 Å². The van der Waals surface area contributed by atoms with Crippen LogP contribution in [0.15, 0.2) is 0 Å². The van der Waals surface area contributed by atoms with Gasteiger partial charge in [0, 0.05) is 33.9 Å². The molecule has 0 spiro atoms. The quantitative estimate of drug-likeness (QED) is 0.587. The van der Waals surface area contributed by atoms with Crippen LogP contribution in [0.3, 0.4) is 0 Å². The molecule has 1 fully saturated rings. The monoisotopic (exact) mass is 217 g/mol. The molecule has 4 nitrogen and oxygen atoms in total. The zero-order chi connectivity index (χ0) is 11.1. The molecule has 0 saturated heterocycles. The summed E-state index contributed by atoms with van der Waals surface area (Å²) < 4.78 is 9.94. The molecule has 1 unspecified atom stereocenters. The second-order valence-corrected chi connectivity index (χ2v) is 4.48. The Morgan fingerprint density at radius 3 is 2.60 bits per heavy atom. The van der Waals surface area contributed by atoms with Crippen LogP contribution in [0.2, 0.25) is 0 Å². The van der Waals surface area contributed by atoms with Crippen LogP contribution < -0.4 is 5.32 Å². The van der Waals surface area contributed by atoms with E-state index >= 15 is 0 Å². The van der Waals surface area contributed by atoms with E-state index in [2.05, 4.69) is 5.32 Å². The first kappa shape index (κ1) is 12.9. The fourth-order valence-corrected chi connectivity index (χ4v) is 1.77. The Hall–Kier alpha value is -0.160. The SMILES string of the molecule is COCCC1(CNCC(O)COC)CC1. The van der Waals surface area contributed by atoms with Gasteiger partial charge in [0.1, 0.15) is 0 Å². The molecule has 1 aliphatic carbocycles. The van der Waals surface area contributed by atoms with Crippen LogP contribution in [0, 0.1) is 5.41 Å². The first-order chi connectivity index (χ1) is 7.22. The lowest BCUT2D eigenvalue weighted by Crippen LogP contribution is -2.34. The number of hydrogen-bond acceptors (Lipinski definition) is 4. The van der Waals surface area contributed by atoms with Gasteiger partial charge in [0.15, 0.2) is 0 Å². The second-order valence-electron chi connectivity index (χ2n) is 4.48. The minimum atomic E-state index is -0.395. The Morgan fingerprint density at radius 1 is 1.33 bits per heavy atom. The van der Waals surface area contributed by atoms with Gasteiger partial charge in [-0.1, -0.05) is 0 Å². The maximum absolute atomic E-state index is 9.43. The number of hydrogen-bond donors (Lipinski definition) is 2. The summed E-state index contributed by atoms with van der Waals surface area (Å²) in [5, 5.41) is 12.7. The van der Waals surface area contributed by atoms with Crippen molar-refractivity contribution in [2.24, 2.45) is 5.41 Å². The normalized spacial score (nSPS) is 20.2. The van der Waals surface area contributed by atoms with Crippen molar-refractivity contribution in [3.63, 3.8) is 0 Å². The molecule has 0 amide bonds. The van der Waals surface area contributed by atoms with Gasteiger partial charge in [-0.25, -0.2) is 0 Å². The van der Waals surface area contributed by atoms with Crippen LogP contribution in [-0.2, 0) is 9.47 Å². The van der Waals surface area contributed by atoms with E-state index in [-0.39, 0.29) is 0 Å². The van der Waals surface area contributed by atoms with Crippen LogP contribution in [0.5, 0.6) is 0 Å². The molecule has 0 bridgehead atoms. The predicted molar refractivity (Wildman–Crippen MR) is 58.9 cm³/mol. The predicted octanol–water partition coefficient (Wildman–Crippen LogP) is 0.400. The van der Waals surface area contributed by atoms with Crippen LogP contribution in [0.4, 0.5) is 0 Å². The largest absolute Gasteiger partial charge is 0.389 e. The number of ether oxygens (including phenoxy) is 2. The number of aliphatic hydroxyl groups excluding tert-OH is 1. The van der Waals surface area contributed by atoms with Crippen molar-refractivity contribution in [3.8, 4) is 0 Å². The van der Waals surface area contributed by atoms with Gasteiger partial charge < -0.3 is 19.9 Å². The van der Waals surface area contributed by atoms with Crippen LogP contribution in [0.1, 0.15) is 19.3 Å². The smallest absolute Gasteiger partial charge is 0.0897 e. The van der Waals surface area contributed by atoms with Gasteiger partial charge in [0.25, 0.3) is 0 Å². The highest BCUT2D eigenvalue weighted by Crippen LogP contribution is 2.48. The summed E-state index contributed by atoms with van der Waals surface area (Å²) in [6.07, 6.45) is 3.29. The molecule has 0 aromatic rings. The average Bonchev–Trinajstić information content (AvgIpc) is 2.96. The fraction of sp³-hybridized carbons (Fsp3) is 1.00. The molecule has 0 radical (unpaired) electrons. The van der Waals surface area contributed by atoms with Crippen molar-refractivity contribution in [2.75, 3.05) is 40.5 Å². The lowest BCUT2D eigenvalue weighted by atomic mass is 10.0. The lowest BCUT2D eigenvalue weighted by Gasteiger charge is -2.17. The van der Waals surface area contributed by atoms with Crippen molar-refractivity contribution in [3.05, 3.63) is 0 Å². The van der Waals surface area contributed by atoms with E-state index in [1.807, 2.05) is 0 Å². The molecule has 15 heavy (non-hydrogen) atoms. The third-order valence-corrected chi connectivity index (χ3v) is 3.03. The van der Waals surface area contributed by atoms with Gasteiger partial charge >= 0.3 is 0 Å². The number of nitrogens with one attached hydrogen (secondary N) is 1. The Kier molecular flexibility index (Phi) is 5.53. The molecule has 2 N–H and O–H groups in total. The topological polar surface area (TPSA) is 50.7 Å². The highest BCUT2D eigenvalue weighted by Gasteiger charge is 2.41. The standard InChI is InChI=1S/C11H23NO3/c1-14-6-5-11(3-4-11)9-12-7-10(13)8-15-2/h10,12-13H,3-9H2,1-2H3. The highest BCUT2D eigenvalue weighted by molar-refractivity contribution is 4.94. The van der Waals surface area contributed by atoms with E-state index in [1.165, 1.54) is 12.8 Å². The number of rotatable bonds is 9. The molecule has 0 heterocycles. The summed E-state index contributed by atoms with van der Waals surface area (Å²) >= 11 is 0. The Bertz CT molecular complexity index is 171. The number of aliphatic hydroxyl groups is 1. The molecular weight excluding hydrogens is 194 g/mol. The summed E-state index contributed by atoms with van der Waals surface area (Å²) in [4.78, 5) is 0.